The van der Waals surface area contributed by atoms with E-state index in [9.17, 15) is 0 Å². The number of aryl methyl sites for hydroxylation is 1. The number of anilines is 4. The van der Waals surface area contributed by atoms with Crippen LogP contribution in [-0.4, -0.2) is 30.1 Å². The largest absolute Gasteiger partial charge is 0.383 e. The van der Waals surface area contributed by atoms with Crippen molar-refractivity contribution in [2.75, 3.05) is 35.7 Å². The highest BCUT2D eigenvalue weighted by atomic mass is 15.3. The zero-order valence-electron chi connectivity index (χ0n) is 12.8. The molecule has 2 N–H and O–H groups in total. The first-order valence-electron chi connectivity index (χ1n) is 7.32. The molecule has 0 atom stereocenters. The van der Waals surface area contributed by atoms with Gasteiger partial charge in [-0.15, -0.1) is 0 Å². The van der Waals surface area contributed by atoms with E-state index in [0.29, 0.717) is 5.82 Å². The summed E-state index contributed by atoms with van der Waals surface area (Å²) in [6.45, 7) is 5.90. The number of nitrogens with two attached hydrogens (primary N) is 1. The first kappa shape index (κ1) is 13.7. The Morgan fingerprint density at radius 2 is 1.86 bits per heavy atom. The molecule has 0 saturated carbocycles. The molecule has 0 bridgehead atoms. The van der Waals surface area contributed by atoms with Crippen LogP contribution in [0.15, 0.2) is 24.3 Å². The van der Waals surface area contributed by atoms with Gasteiger partial charge in [-0.3, -0.25) is 0 Å². The van der Waals surface area contributed by atoms with Crippen LogP contribution in [0.3, 0.4) is 0 Å². The van der Waals surface area contributed by atoms with E-state index in [1.54, 1.807) is 0 Å². The van der Waals surface area contributed by atoms with E-state index < -0.39 is 0 Å². The third-order valence-electron chi connectivity index (χ3n) is 4.02. The van der Waals surface area contributed by atoms with Gasteiger partial charge in [-0.2, -0.15) is 0 Å². The van der Waals surface area contributed by atoms with Crippen molar-refractivity contribution in [2.24, 2.45) is 0 Å². The number of para-hydroxylation sites is 2. The number of hydrogen-bond acceptors (Lipinski definition) is 5. The first-order valence-corrected chi connectivity index (χ1v) is 7.32. The summed E-state index contributed by atoms with van der Waals surface area (Å²) in [6, 6.07) is 8.40. The third-order valence-corrected chi connectivity index (χ3v) is 4.02. The fourth-order valence-electron chi connectivity index (χ4n) is 2.72. The Morgan fingerprint density at radius 1 is 1.14 bits per heavy atom. The third kappa shape index (κ3) is 2.28. The van der Waals surface area contributed by atoms with Gasteiger partial charge in [-0.25, -0.2) is 9.97 Å². The number of rotatable bonds is 2. The molecule has 0 unspecified atom stereocenters. The molecule has 1 aliphatic rings. The second kappa shape index (κ2) is 5.24. The molecule has 21 heavy (non-hydrogen) atoms. The summed E-state index contributed by atoms with van der Waals surface area (Å²) >= 11 is 0. The standard InChI is InChI=1S/C16H21N5/c1-4-14-18-15(17)11(2)16(19-14)21-10-9-20(3)12-7-5-6-8-13(12)21/h5-8H,4,9-10H2,1-3H3,(H2,17,18,19). The first-order chi connectivity index (χ1) is 10.1. The molecule has 1 aromatic carbocycles. The number of nitrogens with zero attached hydrogens (tertiary/aromatic N) is 4. The summed E-state index contributed by atoms with van der Waals surface area (Å²) in [4.78, 5) is 13.6. The SMILES string of the molecule is CCc1nc(N)c(C)c(N2CCN(C)c3ccccc32)n1. The predicted octanol–water partition coefficient (Wildman–Crippen LogP) is 2.52. The number of likely N-dealkylation sites (N-methyl/N-ethyl adjacent to an activating group) is 1. The van der Waals surface area contributed by atoms with Gasteiger partial charge in [0.25, 0.3) is 0 Å². The van der Waals surface area contributed by atoms with Gasteiger partial charge in [0.05, 0.1) is 11.4 Å². The Labute approximate surface area is 125 Å². The van der Waals surface area contributed by atoms with Crippen molar-refractivity contribution < 1.29 is 0 Å². The van der Waals surface area contributed by atoms with Gasteiger partial charge < -0.3 is 15.5 Å². The maximum atomic E-state index is 6.06. The van der Waals surface area contributed by atoms with Crippen molar-refractivity contribution in [2.45, 2.75) is 20.3 Å². The van der Waals surface area contributed by atoms with Crippen LogP contribution in [0.2, 0.25) is 0 Å². The van der Waals surface area contributed by atoms with E-state index in [2.05, 4.69) is 46.1 Å². The summed E-state index contributed by atoms with van der Waals surface area (Å²) < 4.78 is 0. The molecular weight excluding hydrogens is 262 g/mol. The minimum atomic E-state index is 0.577. The van der Waals surface area contributed by atoms with Gasteiger partial charge in [-0.05, 0) is 19.1 Å². The maximum Gasteiger partial charge on any atom is 0.141 e. The van der Waals surface area contributed by atoms with Crippen LogP contribution < -0.4 is 15.5 Å². The fourth-order valence-corrected chi connectivity index (χ4v) is 2.72. The summed E-state index contributed by atoms with van der Waals surface area (Å²) in [7, 11) is 2.12. The average molecular weight is 283 g/mol. The molecule has 2 aromatic rings. The number of aromatic nitrogens is 2. The molecule has 0 spiro atoms. The van der Waals surface area contributed by atoms with Crippen LogP contribution in [0.4, 0.5) is 23.0 Å². The molecule has 5 nitrogen and oxygen atoms in total. The molecule has 0 radical (unpaired) electrons. The van der Waals surface area contributed by atoms with E-state index in [0.717, 1.165) is 36.7 Å². The highest BCUT2D eigenvalue weighted by Crippen LogP contribution is 2.37. The lowest BCUT2D eigenvalue weighted by Gasteiger charge is -2.37. The van der Waals surface area contributed by atoms with E-state index in [1.807, 2.05) is 13.8 Å². The van der Waals surface area contributed by atoms with Crippen LogP contribution in [0, 0.1) is 6.92 Å². The van der Waals surface area contributed by atoms with Gasteiger partial charge in [-0.1, -0.05) is 19.1 Å². The lowest BCUT2D eigenvalue weighted by atomic mass is 10.1. The minimum Gasteiger partial charge on any atom is -0.383 e. The van der Waals surface area contributed by atoms with Crippen molar-refractivity contribution in [3.8, 4) is 0 Å². The van der Waals surface area contributed by atoms with Crippen LogP contribution in [-0.2, 0) is 6.42 Å². The highest BCUT2D eigenvalue weighted by Gasteiger charge is 2.24. The summed E-state index contributed by atoms with van der Waals surface area (Å²) in [5, 5.41) is 0. The molecule has 0 saturated heterocycles. The van der Waals surface area contributed by atoms with Gasteiger partial charge in [0, 0.05) is 32.1 Å². The maximum absolute atomic E-state index is 6.06. The average Bonchev–Trinajstić information content (AvgIpc) is 2.51. The van der Waals surface area contributed by atoms with E-state index in [4.69, 9.17) is 10.7 Å². The normalized spacial score (nSPS) is 14.2. The van der Waals surface area contributed by atoms with E-state index >= 15 is 0 Å². The molecule has 1 aliphatic heterocycles. The monoisotopic (exact) mass is 283 g/mol. The van der Waals surface area contributed by atoms with Crippen LogP contribution >= 0.6 is 0 Å². The molecular formula is C16H21N5. The van der Waals surface area contributed by atoms with E-state index in [-0.39, 0.29) is 0 Å². The van der Waals surface area contributed by atoms with Crippen molar-refractivity contribution in [1.82, 2.24) is 9.97 Å². The highest BCUT2D eigenvalue weighted by molar-refractivity contribution is 5.79. The second-order valence-corrected chi connectivity index (χ2v) is 5.39. The number of benzene rings is 1. The van der Waals surface area contributed by atoms with Gasteiger partial charge >= 0.3 is 0 Å². The van der Waals surface area contributed by atoms with Crippen molar-refractivity contribution >= 4 is 23.0 Å². The molecule has 5 heteroatoms. The van der Waals surface area contributed by atoms with Crippen molar-refractivity contribution in [1.29, 1.82) is 0 Å². The topological polar surface area (TPSA) is 58.3 Å². The molecule has 0 amide bonds. The summed E-state index contributed by atoms with van der Waals surface area (Å²) in [6.07, 6.45) is 0.785. The number of fused-ring (bicyclic) bond motifs is 1. The van der Waals surface area contributed by atoms with E-state index in [1.165, 1.54) is 11.4 Å². The molecule has 0 fully saturated rings. The minimum absolute atomic E-state index is 0.577. The van der Waals surface area contributed by atoms with Crippen LogP contribution in [0.25, 0.3) is 0 Å². The van der Waals surface area contributed by atoms with Gasteiger partial charge in [0.2, 0.25) is 0 Å². The van der Waals surface area contributed by atoms with Gasteiger partial charge in [0.1, 0.15) is 17.5 Å². The smallest absolute Gasteiger partial charge is 0.141 e. The molecule has 1 aromatic heterocycles. The van der Waals surface area contributed by atoms with Crippen molar-refractivity contribution in [3.63, 3.8) is 0 Å². The quantitative estimate of drug-likeness (QED) is 0.917. The Bertz CT molecular complexity index is 668. The molecule has 0 aliphatic carbocycles. The molecule has 110 valence electrons. The Kier molecular flexibility index (Phi) is 3.41. The summed E-state index contributed by atoms with van der Waals surface area (Å²) in [5.74, 6) is 2.30. The second-order valence-electron chi connectivity index (χ2n) is 5.39. The number of nitrogen functional groups attached to an aromatic ring is 1. The molecule has 2 heterocycles. The zero-order valence-corrected chi connectivity index (χ0v) is 12.8. The lowest BCUT2D eigenvalue weighted by molar-refractivity contribution is 0.801. The Morgan fingerprint density at radius 3 is 2.57 bits per heavy atom. The fraction of sp³-hybridized carbons (Fsp3) is 0.375. The Balaban J connectivity index is 2.14. The van der Waals surface area contributed by atoms with Crippen molar-refractivity contribution in [3.05, 3.63) is 35.7 Å². The number of hydrogen-bond donors (Lipinski definition) is 1. The summed E-state index contributed by atoms with van der Waals surface area (Å²) in [5.41, 5.74) is 9.41. The molecule has 3 rings (SSSR count). The zero-order chi connectivity index (χ0) is 15.0. The van der Waals surface area contributed by atoms with Crippen LogP contribution in [0.1, 0.15) is 18.3 Å². The predicted molar refractivity (Wildman–Crippen MR) is 87.3 cm³/mol. The Hall–Kier alpha value is -2.30. The lowest BCUT2D eigenvalue weighted by Crippen LogP contribution is -2.37. The van der Waals surface area contributed by atoms with Crippen LogP contribution in [0.5, 0.6) is 0 Å². The van der Waals surface area contributed by atoms with Gasteiger partial charge in [0.15, 0.2) is 0 Å².